The van der Waals surface area contributed by atoms with Crippen LogP contribution in [0.5, 0.6) is 0 Å². The summed E-state index contributed by atoms with van der Waals surface area (Å²) in [6.07, 6.45) is 3.48. The Morgan fingerprint density at radius 2 is 1.85 bits per heavy atom. The molecule has 2 aromatic rings. The fraction of sp³-hybridized carbons (Fsp3) is 0.500. The summed E-state index contributed by atoms with van der Waals surface area (Å²) < 4.78 is 1.45. The first-order chi connectivity index (χ1) is 12.8. The zero-order valence-electron chi connectivity index (χ0n) is 16.4. The van der Waals surface area contributed by atoms with Crippen molar-refractivity contribution >= 4 is 11.6 Å². The van der Waals surface area contributed by atoms with Gasteiger partial charge in [-0.2, -0.15) is 5.10 Å². The lowest BCUT2D eigenvalue weighted by molar-refractivity contribution is -0.385. The first kappa shape index (κ1) is 20.6. The molecule has 1 amide bonds. The Kier molecular flexibility index (Phi) is 7.10. The second kappa shape index (κ2) is 9.30. The number of nitrogens with zero attached hydrogens (tertiary/aromatic N) is 3. The fourth-order valence-corrected chi connectivity index (χ4v) is 3.00. The average molecular weight is 372 g/mol. The van der Waals surface area contributed by atoms with Gasteiger partial charge >= 0.3 is 5.69 Å². The van der Waals surface area contributed by atoms with Crippen molar-refractivity contribution in [2.75, 3.05) is 0 Å². The molecule has 0 aliphatic carbocycles. The maximum Gasteiger partial charge on any atom is 0.309 e. The van der Waals surface area contributed by atoms with Crippen LogP contribution in [0.3, 0.4) is 0 Å². The van der Waals surface area contributed by atoms with Gasteiger partial charge in [-0.05, 0) is 36.8 Å². The Labute approximate surface area is 159 Å². The number of hydrogen-bond donors (Lipinski definition) is 1. The number of rotatable bonds is 9. The molecule has 0 fully saturated rings. The van der Waals surface area contributed by atoms with Gasteiger partial charge in [0.25, 0.3) is 0 Å². The molecular formula is C20H28N4O3. The van der Waals surface area contributed by atoms with Crippen LogP contribution in [0.2, 0.25) is 0 Å². The number of amides is 1. The lowest BCUT2D eigenvalue weighted by atomic mass is 9.95. The van der Waals surface area contributed by atoms with Crippen LogP contribution in [0.25, 0.3) is 0 Å². The van der Waals surface area contributed by atoms with Crippen molar-refractivity contribution in [3.63, 3.8) is 0 Å². The Bertz CT molecular complexity index is 783. The Balaban J connectivity index is 1.94. The average Bonchev–Trinajstić information content (AvgIpc) is 3.05. The first-order valence-electron chi connectivity index (χ1n) is 9.43. The predicted octanol–water partition coefficient (Wildman–Crippen LogP) is 4.27. The van der Waals surface area contributed by atoms with E-state index in [-0.39, 0.29) is 24.1 Å². The minimum Gasteiger partial charge on any atom is -0.349 e. The third-order valence-electron chi connectivity index (χ3n) is 4.95. The third-order valence-corrected chi connectivity index (χ3v) is 4.95. The summed E-state index contributed by atoms with van der Waals surface area (Å²) >= 11 is 0. The van der Waals surface area contributed by atoms with E-state index >= 15 is 0 Å². The highest BCUT2D eigenvalue weighted by Gasteiger charge is 2.17. The van der Waals surface area contributed by atoms with Gasteiger partial charge in [0.1, 0.15) is 11.9 Å². The van der Waals surface area contributed by atoms with Gasteiger partial charge in [-0.25, -0.2) is 0 Å². The Morgan fingerprint density at radius 1 is 1.22 bits per heavy atom. The summed E-state index contributed by atoms with van der Waals surface area (Å²) in [5, 5.41) is 18.0. The van der Waals surface area contributed by atoms with E-state index in [1.54, 1.807) is 6.92 Å². The zero-order chi connectivity index (χ0) is 20.0. The van der Waals surface area contributed by atoms with Crippen molar-refractivity contribution < 1.29 is 9.72 Å². The van der Waals surface area contributed by atoms with Crippen LogP contribution in [0.1, 0.15) is 68.8 Å². The number of hydrogen-bond acceptors (Lipinski definition) is 4. The molecule has 2 atom stereocenters. The highest BCUT2D eigenvalue weighted by atomic mass is 16.6. The van der Waals surface area contributed by atoms with Crippen molar-refractivity contribution in [1.29, 1.82) is 0 Å². The molecule has 0 bridgehead atoms. The van der Waals surface area contributed by atoms with E-state index in [2.05, 4.69) is 48.5 Å². The molecule has 0 aliphatic heterocycles. The van der Waals surface area contributed by atoms with Crippen LogP contribution in [0, 0.1) is 17.0 Å². The summed E-state index contributed by atoms with van der Waals surface area (Å²) in [4.78, 5) is 22.7. The summed E-state index contributed by atoms with van der Waals surface area (Å²) in [5.41, 5.74) is 2.72. The molecule has 0 spiro atoms. The molecule has 1 heterocycles. The minimum absolute atomic E-state index is 0.0248. The summed E-state index contributed by atoms with van der Waals surface area (Å²) in [7, 11) is 0. The van der Waals surface area contributed by atoms with Crippen molar-refractivity contribution in [3.8, 4) is 0 Å². The second-order valence-electron chi connectivity index (χ2n) is 6.87. The molecule has 0 saturated heterocycles. The van der Waals surface area contributed by atoms with E-state index in [9.17, 15) is 14.9 Å². The largest absolute Gasteiger partial charge is 0.349 e. The minimum atomic E-state index is -0.463. The van der Waals surface area contributed by atoms with Crippen LogP contribution < -0.4 is 5.32 Å². The second-order valence-corrected chi connectivity index (χ2v) is 6.87. The van der Waals surface area contributed by atoms with Gasteiger partial charge in [-0.15, -0.1) is 0 Å². The number of aryl methyl sites for hydroxylation is 2. The van der Waals surface area contributed by atoms with Crippen molar-refractivity contribution in [1.82, 2.24) is 15.1 Å². The number of aromatic nitrogens is 2. The molecule has 0 aliphatic rings. The molecule has 2 unspecified atom stereocenters. The van der Waals surface area contributed by atoms with Crippen molar-refractivity contribution in [3.05, 3.63) is 57.4 Å². The highest BCUT2D eigenvalue weighted by Crippen LogP contribution is 2.23. The van der Waals surface area contributed by atoms with Gasteiger partial charge in [0.2, 0.25) is 5.91 Å². The quantitative estimate of drug-likeness (QED) is 0.526. The number of nitro groups is 1. The number of carbonyl (C=O) groups excluding carboxylic acids is 1. The number of carbonyl (C=O) groups is 1. The summed E-state index contributed by atoms with van der Waals surface area (Å²) in [5.74, 6) is 0.430. The lowest BCUT2D eigenvalue weighted by Gasteiger charge is -2.19. The van der Waals surface area contributed by atoms with Gasteiger partial charge in [0.05, 0.1) is 11.0 Å². The van der Waals surface area contributed by atoms with Gasteiger partial charge in [-0.3, -0.25) is 19.6 Å². The molecule has 0 radical (unpaired) electrons. The van der Waals surface area contributed by atoms with E-state index in [1.165, 1.54) is 16.4 Å². The van der Waals surface area contributed by atoms with Crippen molar-refractivity contribution in [2.24, 2.45) is 0 Å². The zero-order valence-corrected chi connectivity index (χ0v) is 16.4. The Hall–Kier alpha value is -2.70. The van der Waals surface area contributed by atoms with E-state index < -0.39 is 4.92 Å². The standard InChI is InChI=1S/C20H28N4O3/c1-5-14(3)16-7-9-17(10-8-16)18(6-2)21-20(25)11-12-23-13-19(24(26)27)15(4)22-23/h7-10,13-14,18H,5-6,11-12H2,1-4H3,(H,21,25). The first-order valence-corrected chi connectivity index (χ1v) is 9.43. The number of nitrogens with one attached hydrogen (secondary N) is 1. The van der Waals surface area contributed by atoms with E-state index in [4.69, 9.17) is 0 Å². The van der Waals surface area contributed by atoms with E-state index in [0.717, 1.165) is 18.4 Å². The van der Waals surface area contributed by atoms with Gasteiger partial charge in [0, 0.05) is 13.0 Å². The normalized spacial score (nSPS) is 13.2. The molecule has 7 heteroatoms. The molecular weight excluding hydrogens is 344 g/mol. The molecule has 27 heavy (non-hydrogen) atoms. The van der Waals surface area contributed by atoms with Crippen LogP contribution in [-0.2, 0) is 11.3 Å². The molecule has 1 aromatic heterocycles. The molecule has 1 N–H and O–H groups in total. The fourth-order valence-electron chi connectivity index (χ4n) is 3.00. The van der Waals surface area contributed by atoms with Crippen LogP contribution in [0.4, 0.5) is 5.69 Å². The van der Waals surface area contributed by atoms with E-state index in [1.807, 2.05) is 6.92 Å². The monoisotopic (exact) mass is 372 g/mol. The smallest absolute Gasteiger partial charge is 0.309 e. The van der Waals surface area contributed by atoms with Crippen LogP contribution in [0.15, 0.2) is 30.5 Å². The maximum absolute atomic E-state index is 12.3. The molecule has 1 aromatic carbocycles. The Morgan fingerprint density at radius 3 is 2.37 bits per heavy atom. The molecule has 7 nitrogen and oxygen atoms in total. The lowest BCUT2D eigenvalue weighted by Crippen LogP contribution is -2.29. The highest BCUT2D eigenvalue weighted by molar-refractivity contribution is 5.76. The SMILES string of the molecule is CCC(C)c1ccc(C(CC)NC(=O)CCn2cc([N+](=O)[O-])c(C)n2)cc1. The molecule has 2 rings (SSSR count). The molecule has 0 saturated carbocycles. The van der Waals surface area contributed by atoms with E-state index in [0.29, 0.717) is 18.2 Å². The van der Waals surface area contributed by atoms with Gasteiger partial charge in [-0.1, -0.05) is 45.0 Å². The van der Waals surface area contributed by atoms with Gasteiger partial charge in [0.15, 0.2) is 0 Å². The van der Waals surface area contributed by atoms with Crippen molar-refractivity contribution in [2.45, 2.75) is 65.5 Å². The number of benzene rings is 1. The maximum atomic E-state index is 12.3. The summed E-state index contributed by atoms with van der Waals surface area (Å²) in [6, 6.07) is 8.37. The summed E-state index contributed by atoms with van der Waals surface area (Å²) in [6.45, 7) is 8.31. The predicted molar refractivity (Wildman–Crippen MR) is 105 cm³/mol. The van der Waals surface area contributed by atoms with Crippen LogP contribution >= 0.6 is 0 Å². The topological polar surface area (TPSA) is 90.1 Å². The molecule has 146 valence electrons. The van der Waals surface area contributed by atoms with Crippen LogP contribution in [-0.4, -0.2) is 20.6 Å². The van der Waals surface area contributed by atoms with Gasteiger partial charge < -0.3 is 5.32 Å². The third kappa shape index (κ3) is 5.39.